The Balaban J connectivity index is 1.67. The SMILES string of the molecule is COc1ccc(-c2cc3cccnc3nc2N2N=C(c3ccc(Cl)cc3)CCC2=O)cc1. The molecule has 0 fully saturated rings. The van der Waals surface area contributed by atoms with Crippen LogP contribution in [0.3, 0.4) is 0 Å². The minimum absolute atomic E-state index is 0.111. The van der Waals surface area contributed by atoms with Crippen molar-refractivity contribution in [1.29, 1.82) is 0 Å². The molecule has 1 aliphatic heterocycles. The Morgan fingerprint density at radius 3 is 2.47 bits per heavy atom. The third-order valence-electron chi connectivity index (χ3n) is 5.38. The number of hydrazone groups is 1. The summed E-state index contributed by atoms with van der Waals surface area (Å²) < 4.78 is 5.29. The first-order valence-electron chi connectivity index (χ1n) is 10.2. The molecule has 3 heterocycles. The number of hydrogen-bond donors (Lipinski definition) is 0. The average molecular weight is 443 g/mol. The Morgan fingerprint density at radius 1 is 0.969 bits per heavy atom. The summed E-state index contributed by atoms with van der Waals surface area (Å²) in [4.78, 5) is 22.1. The van der Waals surface area contributed by atoms with Crippen molar-refractivity contribution in [3.63, 3.8) is 0 Å². The Bertz CT molecular complexity index is 1330. The lowest BCUT2D eigenvalue weighted by atomic mass is 10.0. The van der Waals surface area contributed by atoms with Crippen molar-refractivity contribution in [3.05, 3.63) is 83.5 Å². The average Bonchev–Trinajstić information content (AvgIpc) is 2.84. The summed E-state index contributed by atoms with van der Waals surface area (Å²) in [5.41, 5.74) is 3.99. The van der Waals surface area contributed by atoms with Crippen LogP contribution in [0.5, 0.6) is 5.75 Å². The molecule has 0 aliphatic carbocycles. The molecule has 0 saturated carbocycles. The van der Waals surface area contributed by atoms with Gasteiger partial charge in [-0.2, -0.15) is 10.1 Å². The van der Waals surface area contributed by atoms with E-state index in [1.54, 1.807) is 13.3 Å². The van der Waals surface area contributed by atoms with Crippen molar-refractivity contribution in [1.82, 2.24) is 9.97 Å². The summed E-state index contributed by atoms with van der Waals surface area (Å²) in [6.07, 6.45) is 2.58. The highest BCUT2D eigenvalue weighted by molar-refractivity contribution is 6.30. The maximum Gasteiger partial charge on any atom is 0.249 e. The van der Waals surface area contributed by atoms with Crippen LogP contribution in [0.25, 0.3) is 22.2 Å². The second kappa shape index (κ2) is 8.40. The number of hydrogen-bond acceptors (Lipinski definition) is 5. The van der Waals surface area contributed by atoms with Gasteiger partial charge in [-0.15, -0.1) is 0 Å². The summed E-state index contributed by atoms with van der Waals surface area (Å²) in [6, 6.07) is 20.9. The number of methoxy groups -OCH3 is 1. The largest absolute Gasteiger partial charge is 0.497 e. The van der Waals surface area contributed by atoms with E-state index in [4.69, 9.17) is 26.4 Å². The number of pyridine rings is 2. The Hall–Kier alpha value is -3.77. The maximum atomic E-state index is 13.0. The van der Waals surface area contributed by atoms with Crippen LogP contribution in [-0.4, -0.2) is 28.7 Å². The van der Waals surface area contributed by atoms with Crippen LogP contribution in [0.1, 0.15) is 18.4 Å². The number of rotatable bonds is 4. The Morgan fingerprint density at radius 2 is 1.72 bits per heavy atom. The van der Waals surface area contributed by atoms with Crippen molar-refractivity contribution in [2.75, 3.05) is 12.1 Å². The zero-order valence-electron chi connectivity index (χ0n) is 17.3. The predicted molar refractivity (Wildman–Crippen MR) is 126 cm³/mol. The van der Waals surface area contributed by atoms with Gasteiger partial charge in [0.25, 0.3) is 0 Å². The first-order chi connectivity index (χ1) is 15.6. The number of aromatic nitrogens is 2. The number of carbonyl (C=O) groups excluding carboxylic acids is 1. The van der Waals surface area contributed by atoms with E-state index >= 15 is 0 Å². The Labute approximate surface area is 190 Å². The molecule has 158 valence electrons. The van der Waals surface area contributed by atoms with Crippen LogP contribution in [0, 0.1) is 0 Å². The molecule has 4 aromatic rings. The quantitative estimate of drug-likeness (QED) is 0.419. The van der Waals surface area contributed by atoms with Gasteiger partial charge in [-0.3, -0.25) is 4.79 Å². The van der Waals surface area contributed by atoms with Crippen LogP contribution in [0.2, 0.25) is 5.02 Å². The molecule has 6 nitrogen and oxygen atoms in total. The smallest absolute Gasteiger partial charge is 0.249 e. The molecule has 0 atom stereocenters. The van der Waals surface area contributed by atoms with Crippen LogP contribution >= 0.6 is 11.6 Å². The third kappa shape index (κ3) is 3.81. The van der Waals surface area contributed by atoms with Gasteiger partial charge in [-0.05, 0) is 53.6 Å². The number of fused-ring (bicyclic) bond motifs is 1. The number of ether oxygens (including phenoxy) is 1. The standard InChI is InChI=1S/C25H19ClN4O2/c1-32-20-10-6-16(7-11-20)21-15-18-3-2-14-27-24(18)28-25(21)30-23(31)13-12-22(29-30)17-4-8-19(26)9-5-17/h2-11,14-15H,12-13H2,1H3. The molecular weight excluding hydrogens is 424 g/mol. The second-order valence-electron chi connectivity index (χ2n) is 7.40. The highest BCUT2D eigenvalue weighted by Gasteiger charge is 2.27. The fraction of sp³-hybridized carbons (Fsp3) is 0.120. The Kier molecular flexibility index (Phi) is 5.29. The molecule has 2 aromatic heterocycles. The lowest BCUT2D eigenvalue weighted by molar-refractivity contribution is -0.118. The van der Waals surface area contributed by atoms with Crippen LogP contribution in [0.4, 0.5) is 5.82 Å². The number of anilines is 1. The van der Waals surface area contributed by atoms with Gasteiger partial charge in [0.15, 0.2) is 11.5 Å². The minimum Gasteiger partial charge on any atom is -0.497 e. The number of benzene rings is 2. The molecule has 0 saturated heterocycles. The fourth-order valence-electron chi connectivity index (χ4n) is 3.71. The van der Waals surface area contributed by atoms with Gasteiger partial charge < -0.3 is 4.74 Å². The number of nitrogens with zero attached hydrogens (tertiary/aromatic N) is 4. The van der Waals surface area contributed by atoms with Crippen molar-refractivity contribution in [2.45, 2.75) is 12.8 Å². The summed E-state index contributed by atoms with van der Waals surface area (Å²) in [6.45, 7) is 0. The first kappa shape index (κ1) is 20.2. The predicted octanol–water partition coefficient (Wildman–Crippen LogP) is 5.49. The molecule has 2 aromatic carbocycles. The van der Waals surface area contributed by atoms with Gasteiger partial charge in [0, 0.05) is 35.0 Å². The van der Waals surface area contributed by atoms with E-state index in [2.05, 4.69) is 4.98 Å². The van der Waals surface area contributed by atoms with E-state index in [0.717, 1.165) is 33.5 Å². The van der Waals surface area contributed by atoms with Crippen molar-refractivity contribution < 1.29 is 9.53 Å². The van der Waals surface area contributed by atoms with Gasteiger partial charge in [0.2, 0.25) is 5.91 Å². The summed E-state index contributed by atoms with van der Waals surface area (Å²) in [5.74, 6) is 1.10. The molecule has 0 unspecified atom stereocenters. The van der Waals surface area contributed by atoms with Crippen molar-refractivity contribution in [3.8, 4) is 16.9 Å². The van der Waals surface area contributed by atoms with Gasteiger partial charge >= 0.3 is 0 Å². The molecule has 0 N–H and O–H groups in total. The number of halogens is 1. The summed E-state index contributed by atoms with van der Waals surface area (Å²) in [7, 11) is 1.63. The first-order valence-corrected chi connectivity index (χ1v) is 10.6. The van der Waals surface area contributed by atoms with Gasteiger partial charge in [0.05, 0.1) is 12.8 Å². The summed E-state index contributed by atoms with van der Waals surface area (Å²) >= 11 is 6.03. The molecule has 1 aliphatic rings. The second-order valence-corrected chi connectivity index (χ2v) is 7.83. The molecular formula is C25H19ClN4O2. The van der Waals surface area contributed by atoms with E-state index < -0.39 is 0 Å². The summed E-state index contributed by atoms with van der Waals surface area (Å²) in [5, 5.41) is 7.64. The highest BCUT2D eigenvalue weighted by atomic mass is 35.5. The topological polar surface area (TPSA) is 67.7 Å². The maximum absolute atomic E-state index is 13.0. The number of carbonyl (C=O) groups is 1. The van der Waals surface area contributed by atoms with Crippen molar-refractivity contribution in [2.24, 2.45) is 5.10 Å². The third-order valence-corrected chi connectivity index (χ3v) is 5.63. The molecule has 5 rings (SSSR count). The number of amides is 1. The van der Waals surface area contributed by atoms with E-state index in [1.807, 2.05) is 66.7 Å². The van der Waals surface area contributed by atoms with E-state index in [9.17, 15) is 4.79 Å². The molecule has 0 spiro atoms. The molecule has 7 heteroatoms. The molecule has 32 heavy (non-hydrogen) atoms. The van der Waals surface area contributed by atoms with E-state index in [0.29, 0.717) is 29.3 Å². The van der Waals surface area contributed by atoms with E-state index in [1.165, 1.54) is 5.01 Å². The molecule has 0 bridgehead atoms. The van der Waals surface area contributed by atoms with Crippen LogP contribution < -0.4 is 9.75 Å². The van der Waals surface area contributed by atoms with Gasteiger partial charge in [-0.25, -0.2) is 9.97 Å². The molecule has 1 amide bonds. The van der Waals surface area contributed by atoms with E-state index in [-0.39, 0.29) is 5.91 Å². The van der Waals surface area contributed by atoms with Crippen LogP contribution in [-0.2, 0) is 4.79 Å². The fourth-order valence-corrected chi connectivity index (χ4v) is 3.83. The molecule has 0 radical (unpaired) electrons. The monoisotopic (exact) mass is 442 g/mol. The zero-order valence-corrected chi connectivity index (χ0v) is 18.1. The normalized spacial score (nSPS) is 13.9. The van der Waals surface area contributed by atoms with Gasteiger partial charge in [-0.1, -0.05) is 35.9 Å². The lowest BCUT2D eigenvalue weighted by Crippen LogP contribution is -2.33. The van der Waals surface area contributed by atoms with Crippen molar-refractivity contribution >= 4 is 40.1 Å². The zero-order chi connectivity index (χ0) is 22.1. The lowest BCUT2D eigenvalue weighted by Gasteiger charge is -2.25. The van der Waals surface area contributed by atoms with Gasteiger partial charge in [0.1, 0.15) is 5.75 Å². The van der Waals surface area contributed by atoms with Crippen LogP contribution in [0.15, 0.2) is 78.0 Å². The highest BCUT2D eigenvalue weighted by Crippen LogP contribution is 2.35. The minimum atomic E-state index is -0.111.